The maximum atomic E-state index is 12.8. The second-order valence-electron chi connectivity index (χ2n) is 7.58. The van der Waals surface area contributed by atoms with Gasteiger partial charge in [-0.25, -0.2) is 0 Å². The van der Waals surface area contributed by atoms with Crippen molar-refractivity contribution in [1.82, 2.24) is 10.2 Å². The van der Waals surface area contributed by atoms with E-state index in [1.165, 1.54) is 18.4 Å². The lowest BCUT2D eigenvalue weighted by atomic mass is 9.98. The van der Waals surface area contributed by atoms with Gasteiger partial charge in [-0.1, -0.05) is 53.6 Å². The molecule has 5 aromatic rings. The Labute approximate surface area is 197 Å². The first-order valence-electron chi connectivity index (χ1n) is 10.4. The van der Waals surface area contributed by atoms with Gasteiger partial charge in [0.25, 0.3) is 11.8 Å². The van der Waals surface area contributed by atoms with Gasteiger partial charge in [0.15, 0.2) is 5.76 Å². The van der Waals surface area contributed by atoms with E-state index in [2.05, 4.69) is 15.5 Å². The van der Waals surface area contributed by atoms with E-state index in [1.807, 2.05) is 30.3 Å². The number of rotatable bonds is 5. The van der Waals surface area contributed by atoms with E-state index >= 15 is 0 Å². The van der Waals surface area contributed by atoms with E-state index in [0.29, 0.717) is 16.9 Å². The van der Waals surface area contributed by atoms with Crippen LogP contribution >= 0.6 is 0 Å². The number of amides is 1. The molecule has 2 heterocycles. The molecule has 0 aliphatic rings. The summed E-state index contributed by atoms with van der Waals surface area (Å²) in [6, 6.07) is 22.6. The SMILES string of the molecule is O=C(Nc1nnc(-c2ccco2)o1)c1cccc(-c2ccc(-c3ccc(C(F)(F)F)cc3)cc2)c1. The van der Waals surface area contributed by atoms with Gasteiger partial charge >= 0.3 is 12.2 Å². The van der Waals surface area contributed by atoms with E-state index in [-0.39, 0.29) is 11.9 Å². The first kappa shape index (κ1) is 22.1. The van der Waals surface area contributed by atoms with Crippen molar-refractivity contribution in [3.63, 3.8) is 0 Å². The Morgan fingerprint density at radius 1 is 0.771 bits per heavy atom. The Kier molecular flexibility index (Phi) is 5.66. The molecule has 0 saturated heterocycles. The minimum atomic E-state index is -4.37. The van der Waals surface area contributed by atoms with Crippen molar-refractivity contribution < 1.29 is 26.8 Å². The molecule has 0 saturated carbocycles. The van der Waals surface area contributed by atoms with Gasteiger partial charge in [-0.2, -0.15) is 13.2 Å². The van der Waals surface area contributed by atoms with Gasteiger partial charge in [-0.15, -0.1) is 5.10 Å². The van der Waals surface area contributed by atoms with Crippen LogP contribution in [0.4, 0.5) is 19.2 Å². The predicted octanol–water partition coefficient (Wildman–Crippen LogP) is 6.93. The highest BCUT2D eigenvalue weighted by molar-refractivity contribution is 6.03. The topological polar surface area (TPSA) is 81.2 Å². The number of nitrogens with zero attached hydrogens (tertiary/aromatic N) is 2. The van der Waals surface area contributed by atoms with Crippen molar-refractivity contribution >= 4 is 11.9 Å². The molecule has 5 rings (SSSR count). The number of anilines is 1. The van der Waals surface area contributed by atoms with Crippen molar-refractivity contribution in [2.24, 2.45) is 0 Å². The predicted molar refractivity (Wildman–Crippen MR) is 122 cm³/mol. The summed E-state index contributed by atoms with van der Waals surface area (Å²) >= 11 is 0. The summed E-state index contributed by atoms with van der Waals surface area (Å²) < 4.78 is 49.0. The van der Waals surface area contributed by atoms with Gasteiger partial charge in [0.2, 0.25) is 0 Å². The molecule has 6 nitrogen and oxygen atoms in total. The molecule has 1 N–H and O–H groups in total. The fourth-order valence-electron chi connectivity index (χ4n) is 3.49. The van der Waals surface area contributed by atoms with Crippen LogP contribution in [0.15, 0.2) is 100 Å². The van der Waals surface area contributed by atoms with Crippen LogP contribution in [-0.2, 0) is 6.18 Å². The third-order valence-electron chi connectivity index (χ3n) is 5.27. The van der Waals surface area contributed by atoms with Gasteiger partial charge in [0.05, 0.1) is 11.8 Å². The Balaban J connectivity index is 1.31. The third kappa shape index (κ3) is 4.84. The second kappa shape index (κ2) is 8.94. The fraction of sp³-hybridized carbons (Fsp3) is 0.0385. The van der Waals surface area contributed by atoms with E-state index in [1.54, 1.807) is 30.3 Å². The van der Waals surface area contributed by atoms with Crippen molar-refractivity contribution in [1.29, 1.82) is 0 Å². The molecule has 0 aliphatic heterocycles. The number of hydrogen-bond donors (Lipinski definition) is 1. The molecule has 0 aliphatic carbocycles. The van der Waals surface area contributed by atoms with Crippen molar-refractivity contribution in [2.75, 3.05) is 5.32 Å². The van der Waals surface area contributed by atoms with E-state index in [0.717, 1.165) is 28.8 Å². The maximum absolute atomic E-state index is 12.8. The molecule has 3 aromatic carbocycles. The largest absolute Gasteiger partial charge is 0.459 e. The number of halogens is 3. The summed E-state index contributed by atoms with van der Waals surface area (Å²) in [5, 5.41) is 10.2. The van der Waals surface area contributed by atoms with E-state index in [9.17, 15) is 18.0 Å². The normalized spacial score (nSPS) is 11.4. The number of carbonyl (C=O) groups is 1. The summed E-state index contributed by atoms with van der Waals surface area (Å²) in [5.41, 5.74) is 2.77. The lowest BCUT2D eigenvalue weighted by Gasteiger charge is -2.09. The molecule has 0 unspecified atom stereocenters. The van der Waals surface area contributed by atoms with Crippen molar-refractivity contribution in [3.8, 4) is 33.9 Å². The standard InChI is InChI=1S/C26H16F3N3O3/c27-26(28,29)21-12-10-17(11-13-21)16-6-8-18(9-7-16)19-3-1-4-20(15-19)23(33)30-25-32-31-24(35-25)22-5-2-14-34-22/h1-15H,(H,30,32,33). The molecular formula is C26H16F3N3O3. The van der Waals surface area contributed by atoms with Crippen LogP contribution in [0.2, 0.25) is 0 Å². The Hall–Kier alpha value is -4.66. The van der Waals surface area contributed by atoms with Gasteiger partial charge in [-0.05, 0) is 58.7 Å². The molecule has 0 atom stereocenters. The molecule has 0 radical (unpaired) electrons. The number of nitrogens with one attached hydrogen (secondary N) is 1. The van der Waals surface area contributed by atoms with Crippen LogP contribution in [0.3, 0.4) is 0 Å². The summed E-state index contributed by atoms with van der Waals surface area (Å²) in [5.74, 6) is 0.106. The molecule has 0 spiro atoms. The number of furan rings is 1. The highest BCUT2D eigenvalue weighted by Gasteiger charge is 2.29. The summed E-state index contributed by atoms with van der Waals surface area (Å²) in [6.07, 6.45) is -2.90. The minimum Gasteiger partial charge on any atom is -0.459 e. The zero-order valence-electron chi connectivity index (χ0n) is 17.9. The van der Waals surface area contributed by atoms with E-state index < -0.39 is 17.6 Å². The average Bonchev–Trinajstić information content (AvgIpc) is 3.56. The van der Waals surface area contributed by atoms with Gasteiger partial charge < -0.3 is 8.83 Å². The first-order valence-corrected chi connectivity index (χ1v) is 10.4. The molecule has 9 heteroatoms. The molecule has 174 valence electrons. The quantitative estimate of drug-likeness (QED) is 0.298. The van der Waals surface area contributed by atoms with Crippen LogP contribution in [0, 0.1) is 0 Å². The van der Waals surface area contributed by atoms with Crippen molar-refractivity contribution in [2.45, 2.75) is 6.18 Å². The molecule has 1 amide bonds. The molecule has 2 aromatic heterocycles. The maximum Gasteiger partial charge on any atom is 0.416 e. The zero-order valence-corrected chi connectivity index (χ0v) is 17.9. The van der Waals surface area contributed by atoms with Gasteiger partial charge in [0, 0.05) is 5.56 Å². The highest BCUT2D eigenvalue weighted by atomic mass is 19.4. The number of alkyl halides is 3. The number of hydrogen-bond acceptors (Lipinski definition) is 5. The minimum absolute atomic E-state index is 0.0623. The molecule has 35 heavy (non-hydrogen) atoms. The lowest BCUT2D eigenvalue weighted by Crippen LogP contribution is -2.12. The van der Waals surface area contributed by atoms with Gasteiger partial charge in [0.1, 0.15) is 0 Å². The summed E-state index contributed by atoms with van der Waals surface area (Å²) in [4.78, 5) is 12.7. The average molecular weight is 475 g/mol. The number of carbonyl (C=O) groups excluding carboxylic acids is 1. The Bertz CT molecular complexity index is 1460. The number of benzene rings is 3. The monoisotopic (exact) mass is 475 g/mol. The van der Waals surface area contributed by atoms with Crippen LogP contribution in [-0.4, -0.2) is 16.1 Å². The third-order valence-corrected chi connectivity index (χ3v) is 5.27. The highest BCUT2D eigenvalue weighted by Crippen LogP contribution is 2.32. The summed E-state index contributed by atoms with van der Waals surface area (Å²) in [7, 11) is 0. The summed E-state index contributed by atoms with van der Waals surface area (Å²) in [6.45, 7) is 0. The Morgan fingerprint density at radius 2 is 1.43 bits per heavy atom. The first-order chi connectivity index (χ1) is 16.9. The Morgan fingerprint density at radius 3 is 2.06 bits per heavy atom. The van der Waals surface area contributed by atoms with Crippen LogP contribution in [0.1, 0.15) is 15.9 Å². The molecular weight excluding hydrogens is 459 g/mol. The van der Waals surface area contributed by atoms with E-state index in [4.69, 9.17) is 8.83 Å². The van der Waals surface area contributed by atoms with Crippen molar-refractivity contribution in [3.05, 3.63) is 102 Å². The van der Waals surface area contributed by atoms with Crippen LogP contribution in [0.25, 0.3) is 33.9 Å². The lowest BCUT2D eigenvalue weighted by molar-refractivity contribution is -0.137. The zero-order chi connectivity index (χ0) is 24.4. The second-order valence-corrected chi connectivity index (χ2v) is 7.58. The molecule has 0 bridgehead atoms. The van der Waals surface area contributed by atoms with Gasteiger partial charge in [-0.3, -0.25) is 10.1 Å². The van der Waals surface area contributed by atoms with Crippen LogP contribution < -0.4 is 5.32 Å². The fourth-order valence-corrected chi connectivity index (χ4v) is 3.49. The number of aromatic nitrogens is 2. The van der Waals surface area contributed by atoms with Crippen LogP contribution in [0.5, 0.6) is 0 Å². The smallest absolute Gasteiger partial charge is 0.416 e. The molecule has 0 fully saturated rings.